The third-order valence-electron chi connectivity index (χ3n) is 4.43. The minimum absolute atomic E-state index is 0.0724. The van der Waals surface area contributed by atoms with Gasteiger partial charge in [-0.2, -0.15) is 0 Å². The van der Waals surface area contributed by atoms with Gasteiger partial charge in [0.05, 0.1) is 24.8 Å². The van der Waals surface area contributed by atoms with Crippen LogP contribution in [0.1, 0.15) is 42.2 Å². The van der Waals surface area contributed by atoms with Crippen LogP contribution >= 0.6 is 0 Å². The monoisotopic (exact) mass is 399 g/mol. The third kappa shape index (κ3) is 5.48. The molecule has 7 heteroatoms. The van der Waals surface area contributed by atoms with Gasteiger partial charge in [0.2, 0.25) is 0 Å². The Morgan fingerprint density at radius 1 is 1.14 bits per heavy atom. The number of aromatic nitrogens is 1. The molecule has 29 heavy (non-hydrogen) atoms. The van der Waals surface area contributed by atoms with Crippen LogP contribution in [0.2, 0.25) is 0 Å². The van der Waals surface area contributed by atoms with Crippen LogP contribution in [0.15, 0.2) is 45.2 Å². The molecule has 7 nitrogen and oxygen atoms in total. The van der Waals surface area contributed by atoms with Crippen molar-refractivity contribution >= 4 is 5.97 Å². The molecular formula is C22H25NO6. The number of hydrogen-bond donors (Lipinski definition) is 1. The Hall–Kier alpha value is -3.06. The first kappa shape index (κ1) is 20.7. The van der Waals surface area contributed by atoms with Gasteiger partial charge in [-0.15, -0.1) is 0 Å². The molecule has 0 saturated heterocycles. The predicted molar refractivity (Wildman–Crippen MR) is 106 cm³/mol. The molecule has 0 radical (unpaired) electrons. The lowest BCUT2D eigenvalue weighted by atomic mass is 10.1. The number of aryl methyl sites for hydroxylation is 2. The molecule has 0 spiro atoms. The minimum Gasteiger partial charge on any atom is -0.493 e. The molecule has 3 aromatic rings. The lowest BCUT2D eigenvalue weighted by molar-refractivity contribution is -0.140. The highest BCUT2D eigenvalue weighted by molar-refractivity contribution is 5.67. The minimum atomic E-state index is -0.893. The van der Waals surface area contributed by atoms with Gasteiger partial charge in [0.25, 0.3) is 5.89 Å². The standard InChI is InChI=1S/C22H25NO6/c1-4-26-20(13-21(24)25)16-6-8-17(9-7-16)27-12-11-18-15(3)29-22(23-18)19-10-5-14(2)28-19/h5-10,20H,4,11-13H2,1-3H3,(H,24,25). The van der Waals surface area contributed by atoms with E-state index in [1.165, 1.54) is 0 Å². The van der Waals surface area contributed by atoms with Gasteiger partial charge in [-0.25, -0.2) is 4.98 Å². The summed E-state index contributed by atoms with van der Waals surface area (Å²) in [4.78, 5) is 15.5. The summed E-state index contributed by atoms with van der Waals surface area (Å²) in [5, 5.41) is 9.02. The number of ether oxygens (including phenoxy) is 2. The number of benzene rings is 1. The molecule has 0 aliphatic carbocycles. The number of nitrogens with zero attached hydrogens (tertiary/aromatic N) is 1. The molecule has 2 aromatic heterocycles. The van der Waals surface area contributed by atoms with Gasteiger partial charge in [0.1, 0.15) is 17.3 Å². The van der Waals surface area contributed by atoms with Crippen LogP contribution in [-0.4, -0.2) is 29.3 Å². The van der Waals surface area contributed by atoms with Crippen molar-refractivity contribution in [2.24, 2.45) is 0 Å². The molecule has 1 N–H and O–H groups in total. The molecule has 0 aliphatic heterocycles. The molecule has 3 rings (SSSR count). The summed E-state index contributed by atoms with van der Waals surface area (Å²) in [6.07, 6.45) is 0.0574. The van der Waals surface area contributed by atoms with E-state index < -0.39 is 12.1 Å². The summed E-state index contributed by atoms with van der Waals surface area (Å²) in [5.74, 6) is 2.42. The fourth-order valence-electron chi connectivity index (χ4n) is 2.99. The Balaban J connectivity index is 1.57. The van der Waals surface area contributed by atoms with E-state index in [1.54, 1.807) is 0 Å². The van der Waals surface area contributed by atoms with E-state index in [0.29, 0.717) is 37.0 Å². The van der Waals surface area contributed by atoms with Crippen LogP contribution in [0.5, 0.6) is 5.75 Å². The van der Waals surface area contributed by atoms with Gasteiger partial charge in [0, 0.05) is 13.0 Å². The second-order valence-corrected chi connectivity index (χ2v) is 6.64. The smallest absolute Gasteiger partial charge is 0.306 e. The lowest BCUT2D eigenvalue weighted by Gasteiger charge is -2.16. The van der Waals surface area contributed by atoms with Crippen molar-refractivity contribution in [3.63, 3.8) is 0 Å². The van der Waals surface area contributed by atoms with Crippen molar-refractivity contribution in [1.82, 2.24) is 4.98 Å². The molecule has 0 aliphatic rings. The van der Waals surface area contributed by atoms with Gasteiger partial charge in [-0.05, 0) is 50.6 Å². The normalized spacial score (nSPS) is 12.1. The molecule has 0 bridgehead atoms. The average molecular weight is 399 g/mol. The topological polar surface area (TPSA) is 94.9 Å². The predicted octanol–water partition coefficient (Wildman–Crippen LogP) is 4.73. The van der Waals surface area contributed by atoms with Crippen molar-refractivity contribution in [2.45, 2.75) is 39.7 Å². The Kier molecular flexibility index (Phi) is 6.72. The number of hydrogen-bond acceptors (Lipinski definition) is 6. The van der Waals surface area contributed by atoms with E-state index in [-0.39, 0.29) is 6.42 Å². The van der Waals surface area contributed by atoms with Crippen molar-refractivity contribution < 1.29 is 28.2 Å². The molecule has 1 unspecified atom stereocenters. The third-order valence-corrected chi connectivity index (χ3v) is 4.43. The van der Waals surface area contributed by atoms with Crippen LogP contribution in [0.3, 0.4) is 0 Å². The van der Waals surface area contributed by atoms with Gasteiger partial charge in [0.15, 0.2) is 5.76 Å². The van der Waals surface area contributed by atoms with Gasteiger partial charge in [-0.3, -0.25) is 4.79 Å². The maximum Gasteiger partial charge on any atom is 0.306 e. The van der Waals surface area contributed by atoms with Crippen LogP contribution in [0.4, 0.5) is 0 Å². The summed E-state index contributed by atoms with van der Waals surface area (Å²) in [7, 11) is 0. The van der Waals surface area contributed by atoms with E-state index in [0.717, 1.165) is 22.8 Å². The molecule has 0 amide bonds. The second-order valence-electron chi connectivity index (χ2n) is 6.64. The molecule has 0 saturated carbocycles. The summed E-state index contributed by atoms with van der Waals surface area (Å²) in [5.41, 5.74) is 1.64. The molecular weight excluding hydrogens is 374 g/mol. The summed E-state index contributed by atoms with van der Waals surface area (Å²) >= 11 is 0. The number of aliphatic carboxylic acids is 1. The number of carboxylic acid groups (broad SMARTS) is 1. The van der Waals surface area contributed by atoms with E-state index in [1.807, 2.05) is 57.2 Å². The SMILES string of the molecule is CCOC(CC(=O)O)c1ccc(OCCc2nc(-c3ccc(C)o3)oc2C)cc1. The van der Waals surface area contributed by atoms with Crippen molar-refractivity contribution in [3.8, 4) is 17.4 Å². The Morgan fingerprint density at radius 2 is 1.90 bits per heavy atom. The molecule has 1 aromatic carbocycles. The number of furan rings is 1. The fourth-order valence-corrected chi connectivity index (χ4v) is 2.99. The maximum absolute atomic E-state index is 11.0. The first-order valence-corrected chi connectivity index (χ1v) is 9.55. The molecule has 154 valence electrons. The zero-order chi connectivity index (χ0) is 20.8. The summed E-state index contributed by atoms with van der Waals surface area (Å²) in [6, 6.07) is 11.0. The lowest BCUT2D eigenvalue weighted by Crippen LogP contribution is -2.10. The fraction of sp³-hybridized carbons (Fsp3) is 0.364. The van der Waals surface area contributed by atoms with E-state index in [4.69, 9.17) is 23.4 Å². The van der Waals surface area contributed by atoms with E-state index >= 15 is 0 Å². The Bertz CT molecular complexity index is 941. The van der Waals surface area contributed by atoms with Gasteiger partial charge in [-0.1, -0.05) is 12.1 Å². The highest BCUT2D eigenvalue weighted by Gasteiger charge is 2.16. The molecule has 1 atom stereocenters. The molecule has 2 heterocycles. The summed E-state index contributed by atoms with van der Waals surface area (Å²) < 4.78 is 22.6. The van der Waals surface area contributed by atoms with Gasteiger partial charge < -0.3 is 23.4 Å². The average Bonchev–Trinajstić information content (AvgIpc) is 3.27. The Labute approximate surface area is 169 Å². The summed E-state index contributed by atoms with van der Waals surface area (Å²) in [6.45, 7) is 6.47. The Morgan fingerprint density at radius 3 is 2.52 bits per heavy atom. The first-order valence-electron chi connectivity index (χ1n) is 9.55. The van der Waals surface area contributed by atoms with E-state index in [2.05, 4.69) is 4.98 Å². The highest BCUT2D eigenvalue weighted by atomic mass is 16.5. The molecule has 0 fully saturated rings. The highest BCUT2D eigenvalue weighted by Crippen LogP contribution is 2.25. The van der Waals surface area contributed by atoms with Crippen molar-refractivity contribution in [3.05, 3.63) is 59.2 Å². The number of rotatable bonds is 10. The van der Waals surface area contributed by atoms with Crippen LogP contribution in [0, 0.1) is 13.8 Å². The van der Waals surface area contributed by atoms with Crippen molar-refractivity contribution in [1.29, 1.82) is 0 Å². The van der Waals surface area contributed by atoms with Crippen LogP contribution < -0.4 is 4.74 Å². The second kappa shape index (κ2) is 9.43. The first-order chi connectivity index (χ1) is 14.0. The maximum atomic E-state index is 11.0. The number of carbonyl (C=O) groups is 1. The number of carboxylic acids is 1. The van der Waals surface area contributed by atoms with Crippen LogP contribution in [0.25, 0.3) is 11.7 Å². The van der Waals surface area contributed by atoms with E-state index in [9.17, 15) is 4.79 Å². The number of oxazole rings is 1. The quantitative estimate of drug-likeness (QED) is 0.527. The largest absolute Gasteiger partial charge is 0.493 e. The van der Waals surface area contributed by atoms with Crippen molar-refractivity contribution in [2.75, 3.05) is 13.2 Å². The van der Waals surface area contributed by atoms with Crippen LogP contribution in [-0.2, 0) is 16.0 Å². The van der Waals surface area contributed by atoms with Gasteiger partial charge >= 0.3 is 5.97 Å². The zero-order valence-electron chi connectivity index (χ0n) is 16.8. The zero-order valence-corrected chi connectivity index (χ0v) is 16.8.